The van der Waals surface area contributed by atoms with Gasteiger partial charge < -0.3 is 9.84 Å². The van der Waals surface area contributed by atoms with E-state index in [-0.39, 0.29) is 0 Å². The smallest absolute Gasteiger partial charge is 0.338 e. The van der Waals surface area contributed by atoms with Crippen molar-refractivity contribution in [3.05, 3.63) is 0 Å². The Labute approximate surface area is 103 Å². The molecule has 0 spiro atoms. The van der Waals surface area contributed by atoms with Crippen molar-refractivity contribution in [2.75, 3.05) is 26.7 Å². The lowest BCUT2D eigenvalue weighted by Gasteiger charge is -2.29. The van der Waals surface area contributed by atoms with Crippen molar-refractivity contribution >= 4 is 5.97 Å². The first-order chi connectivity index (χ1) is 8.01. The molecule has 4 nitrogen and oxygen atoms in total. The van der Waals surface area contributed by atoms with E-state index < -0.39 is 11.6 Å². The molecule has 0 amide bonds. The van der Waals surface area contributed by atoms with E-state index in [2.05, 4.69) is 9.64 Å². The molecule has 4 heteroatoms. The summed E-state index contributed by atoms with van der Waals surface area (Å²) in [5.74, 6) is 1.03. The number of carbonyl (C=O) groups is 1. The lowest BCUT2D eigenvalue weighted by atomic mass is 10.1. The number of esters is 1. The maximum absolute atomic E-state index is 11.5. The summed E-state index contributed by atoms with van der Waals surface area (Å²) < 4.78 is 4.64. The Morgan fingerprint density at radius 1 is 1.29 bits per heavy atom. The van der Waals surface area contributed by atoms with Crippen LogP contribution in [0.3, 0.4) is 0 Å². The fourth-order valence-corrected chi connectivity index (χ4v) is 2.25. The quantitative estimate of drug-likeness (QED) is 0.676. The van der Waals surface area contributed by atoms with Gasteiger partial charge in [-0.05, 0) is 44.4 Å². The van der Waals surface area contributed by atoms with E-state index >= 15 is 0 Å². The SMILES string of the molecule is COC(=O)C(C)(O)CN(CC1CC1)CC1CC1. The number of rotatable bonds is 7. The summed E-state index contributed by atoms with van der Waals surface area (Å²) >= 11 is 0. The largest absolute Gasteiger partial charge is 0.467 e. The molecular weight excluding hydrogens is 218 g/mol. The van der Waals surface area contributed by atoms with E-state index in [0.717, 1.165) is 24.9 Å². The van der Waals surface area contributed by atoms with Crippen LogP contribution in [0.1, 0.15) is 32.6 Å². The number of carbonyl (C=O) groups excluding carboxylic acids is 1. The summed E-state index contributed by atoms with van der Waals surface area (Å²) in [4.78, 5) is 13.7. The van der Waals surface area contributed by atoms with Crippen LogP contribution in [-0.4, -0.2) is 48.3 Å². The second-order valence-corrected chi connectivity index (χ2v) is 5.85. The standard InChI is InChI=1S/C13H23NO3/c1-13(16,12(15)17-2)9-14(7-10-3-4-10)8-11-5-6-11/h10-11,16H,3-9H2,1-2H3. The molecule has 1 N–H and O–H groups in total. The van der Waals surface area contributed by atoms with Crippen LogP contribution in [0, 0.1) is 11.8 Å². The van der Waals surface area contributed by atoms with Crippen LogP contribution in [0.15, 0.2) is 0 Å². The monoisotopic (exact) mass is 241 g/mol. The third-order valence-corrected chi connectivity index (χ3v) is 3.58. The van der Waals surface area contributed by atoms with Gasteiger partial charge in [-0.3, -0.25) is 4.90 Å². The van der Waals surface area contributed by atoms with Gasteiger partial charge in [0.25, 0.3) is 0 Å². The number of hydrogen-bond acceptors (Lipinski definition) is 4. The highest BCUT2D eigenvalue weighted by molar-refractivity contribution is 5.78. The van der Waals surface area contributed by atoms with Crippen molar-refractivity contribution in [2.24, 2.45) is 11.8 Å². The van der Waals surface area contributed by atoms with Gasteiger partial charge in [-0.2, -0.15) is 0 Å². The van der Waals surface area contributed by atoms with Crippen molar-refractivity contribution in [1.29, 1.82) is 0 Å². The van der Waals surface area contributed by atoms with Crippen molar-refractivity contribution in [3.63, 3.8) is 0 Å². The number of nitrogens with zero attached hydrogens (tertiary/aromatic N) is 1. The predicted octanol–water partition coefficient (Wildman–Crippen LogP) is 1.03. The zero-order valence-corrected chi connectivity index (χ0v) is 10.8. The Kier molecular flexibility index (Phi) is 3.73. The van der Waals surface area contributed by atoms with Crippen LogP contribution >= 0.6 is 0 Å². The minimum Gasteiger partial charge on any atom is -0.467 e. The predicted molar refractivity (Wildman–Crippen MR) is 64.5 cm³/mol. The van der Waals surface area contributed by atoms with Crippen LogP contribution in [-0.2, 0) is 9.53 Å². The number of aliphatic hydroxyl groups is 1. The minimum atomic E-state index is -1.38. The molecule has 0 saturated heterocycles. The van der Waals surface area contributed by atoms with Crippen molar-refractivity contribution in [2.45, 2.75) is 38.2 Å². The minimum absolute atomic E-state index is 0.396. The third kappa shape index (κ3) is 3.96. The highest BCUT2D eigenvalue weighted by Gasteiger charge is 2.37. The Bertz CT molecular complexity index is 268. The molecule has 0 aromatic rings. The molecule has 2 fully saturated rings. The first-order valence-corrected chi connectivity index (χ1v) is 6.54. The van der Waals surface area contributed by atoms with Crippen LogP contribution < -0.4 is 0 Å². The van der Waals surface area contributed by atoms with E-state index in [1.807, 2.05) is 0 Å². The molecule has 0 radical (unpaired) electrons. The molecular formula is C13H23NO3. The Morgan fingerprint density at radius 2 is 1.76 bits per heavy atom. The molecule has 17 heavy (non-hydrogen) atoms. The summed E-state index contributed by atoms with van der Waals surface area (Å²) in [7, 11) is 1.32. The number of methoxy groups -OCH3 is 1. The van der Waals surface area contributed by atoms with Gasteiger partial charge in [0.2, 0.25) is 0 Å². The van der Waals surface area contributed by atoms with E-state index in [9.17, 15) is 9.90 Å². The molecule has 2 saturated carbocycles. The fourth-order valence-electron chi connectivity index (χ4n) is 2.25. The maximum atomic E-state index is 11.5. The number of hydrogen-bond donors (Lipinski definition) is 1. The van der Waals surface area contributed by atoms with Crippen LogP contribution in [0.5, 0.6) is 0 Å². The summed E-state index contributed by atoms with van der Waals surface area (Å²) in [6.07, 6.45) is 5.17. The first-order valence-electron chi connectivity index (χ1n) is 6.54. The lowest BCUT2D eigenvalue weighted by Crippen LogP contribution is -2.48. The van der Waals surface area contributed by atoms with Gasteiger partial charge in [-0.25, -0.2) is 4.79 Å². The summed E-state index contributed by atoms with van der Waals surface area (Å²) in [6.45, 7) is 3.98. The molecule has 0 bridgehead atoms. The molecule has 98 valence electrons. The molecule has 2 aliphatic carbocycles. The van der Waals surface area contributed by atoms with Crippen molar-refractivity contribution in [1.82, 2.24) is 4.90 Å². The maximum Gasteiger partial charge on any atom is 0.338 e. The average molecular weight is 241 g/mol. The molecule has 2 rings (SSSR count). The zero-order chi connectivity index (χ0) is 12.5. The topological polar surface area (TPSA) is 49.8 Å². The highest BCUT2D eigenvalue weighted by atomic mass is 16.5. The average Bonchev–Trinajstić information content (AvgIpc) is 3.11. The van der Waals surface area contributed by atoms with Gasteiger partial charge in [0.05, 0.1) is 7.11 Å². The molecule has 0 aliphatic heterocycles. The van der Waals surface area contributed by atoms with E-state index in [0.29, 0.717) is 6.54 Å². The second kappa shape index (κ2) is 4.94. The van der Waals surface area contributed by atoms with Crippen molar-refractivity contribution in [3.8, 4) is 0 Å². The second-order valence-electron chi connectivity index (χ2n) is 5.85. The summed E-state index contributed by atoms with van der Waals surface area (Å²) in [5.41, 5.74) is -1.38. The highest BCUT2D eigenvalue weighted by Crippen LogP contribution is 2.34. The Balaban J connectivity index is 1.87. The Morgan fingerprint density at radius 3 is 2.12 bits per heavy atom. The fraction of sp³-hybridized carbons (Fsp3) is 0.923. The summed E-state index contributed by atoms with van der Waals surface area (Å²) in [6, 6.07) is 0. The third-order valence-electron chi connectivity index (χ3n) is 3.58. The zero-order valence-electron chi connectivity index (χ0n) is 10.8. The van der Waals surface area contributed by atoms with E-state index in [1.165, 1.54) is 32.8 Å². The molecule has 2 aliphatic rings. The van der Waals surface area contributed by atoms with Crippen LogP contribution in [0.2, 0.25) is 0 Å². The normalized spacial score (nSPS) is 23.5. The summed E-state index contributed by atoms with van der Waals surface area (Å²) in [5, 5.41) is 10.1. The van der Waals surface area contributed by atoms with E-state index in [4.69, 9.17) is 0 Å². The van der Waals surface area contributed by atoms with Gasteiger partial charge in [-0.1, -0.05) is 0 Å². The van der Waals surface area contributed by atoms with Gasteiger partial charge in [-0.15, -0.1) is 0 Å². The van der Waals surface area contributed by atoms with Crippen molar-refractivity contribution < 1.29 is 14.6 Å². The van der Waals surface area contributed by atoms with Crippen LogP contribution in [0.4, 0.5) is 0 Å². The molecule has 0 heterocycles. The number of ether oxygens (including phenoxy) is 1. The first kappa shape index (κ1) is 12.8. The molecule has 1 unspecified atom stereocenters. The molecule has 1 atom stereocenters. The van der Waals surface area contributed by atoms with Crippen LogP contribution in [0.25, 0.3) is 0 Å². The van der Waals surface area contributed by atoms with Gasteiger partial charge in [0.15, 0.2) is 5.60 Å². The van der Waals surface area contributed by atoms with Gasteiger partial charge in [0.1, 0.15) is 0 Å². The lowest BCUT2D eigenvalue weighted by molar-refractivity contribution is -0.162. The Hall–Kier alpha value is -0.610. The molecule has 0 aromatic heterocycles. The van der Waals surface area contributed by atoms with Gasteiger partial charge >= 0.3 is 5.97 Å². The van der Waals surface area contributed by atoms with Gasteiger partial charge in [0, 0.05) is 19.6 Å². The van der Waals surface area contributed by atoms with E-state index in [1.54, 1.807) is 6.92 Å². The molecule has 0 aromatic carbocycles.